The summed E-state index contributed by atoms with van der Waals surface area (Å²) in [5, 5.41) is 20.1. The summed E-state index contributed by atoms with van der Waals surface area (Å²) in [6.07, 6.45) is 0.613. The summed E-state index contributed by atoms with van der Waals surface area (Å²) >= 11 is 0. The molecule has 1 amide bonds. The van der Waals surface area contributed by atoms with Gasteiger partial charge in [-0.1, -0.05) is 19.1 Å². The fourth-order valence-corrected chi connectivity index (χ4v) is 3.07. The number of carbonyl (C=O) groups is 2. The highest BCUT2D eigenvalue weighted by Gasteiger charge is 2.32. The highest BCUT2D eigenvalue weighted by atomic mass is 16.6. The van der Waals surface area contributed by atoms with Gasteiger partial charge in [-0.25, -0.2) is 0 Å². The van der Waals surface area contributed by atoms with Crippen LogP contribution in [0.2, 0.25) is 0 Å². The highest BCUT2D eigenvalue weighted by Crippen LogP contribution is 2.25. The van der Waals surface area contributed by atoms with Gasteiger partial charge in [0.1, 0.15) is 0 Å². The lowest BCUT2D eigenvalue weighted by Gasteiger charge is -2.34. The van der Waals surface area contributed by atoms with E-state index in [2.05, 4.69) is 0 Å². The van der Waals surface area contributed by atoms with Crippen molar-refractivity contribution in [3.8, 4) is 0 Å². The van der Waals surface area contributed by atoms with Gasteiger partial charge in [0.2, 0.25) is 5.91 Å². The van der Waals surface area contributed by atoms with Crippen LogP contribution in [-0.2, 0) is 16.0 Å². The van der Waals surface area contributed by atoms with Crippen molar-refractivity contribution in [1.29, 1.82) is 0 Å². The first-order chi connectivity index (χ1) is 10.8. The summed E-state index contributed by atoms with van der Waals surface area (Å²) in [4.78, 5) is 35.7. The van der Waals surface area contributed by atoms with E-state index in [1.807, 2.05) is 6.92 Å². The van der Waals surface area contributed by atoms with Gasteiger partial charge in [0.05, 0.1) is 17.3 Å². The van der Waals surface area contributed by atoms with Crippen LogP contribution in [0.4, 0.5) is 5.69 Å². The molecule has 1 N–H and O–H groups in total. The van der Waals surface area contributed by atoms with Crippen molar-refractivity contribution in [2.45, 2.75) is 26.7 Å². The minimum atomic E-state index is -0.888. The average Bonchev–Trinajstić information content (AvgIpc) is 2.48. The third-order valence-corrected chi connectivity index (χ3v) is 4.32. The number of amides is 1. The third-order valence-electron chi connectivity index (χ3n) is 4.32. The smallest absolute Gasteiger partial charge is 0.308 e. The molecule has 0 bridgehead atoms. The zero-order valence-electron chi connectivity index (χ0n) is 13.2. The molecule has 1 aromatic carbocycles. The Hall–Kier alpha value is -2.44. The molecule has 0 saturated carbocycles. The van der Waals surface area contributed by atoms with Gasteiger partial charge in [-0.3, -0.25) is 19.7 Å². The van der Waals surface area contributed by atoms with Crippen molar-refractivity contribution in [1.82, 2.24) is 4.90 Å². The number of rotatable bonds is 4. The number of hydrogen-bond donors (Lipinski definition) is 1. The monoisotopic (exact) mass is 320 g/mol. The number of hydrogen-bond acceptors (Lipinski definition) is 4. The second-order valence-electron chi connectivity index (χ2n) is 6.17. The molecule has 2 rings (SSSR count). The number of carboxylic acids is 1. The number of carboxylic acid groups (broad SMARTS) is 1. The van der Waals surface area contributed by atoms with E-state index in [0.29, 0.717) is 24.1 Å². The maximum Gasteiger partial charge on any atom is 0.308 e. The van der Waals surface area contributed by atoms with Crippen LogP contribution in [0.1, 0.15) is 24.5 Å². The minimum Gasteiger partial charge on any atom is -0.481 e. The Bertz CT molecular complexity index is 643. The molecule has 1 aliphatic rings. The van der Waals surface area contributed by atoms with Gasteiger partial charge in [-0.2, -0.15) is 0 Å². The van der Waals surface area contributed by atoms with E-state index >= 15 is 0 Å². The molecule has 0 spiro atoms. The number of nitro groups is 1. The van der Waals surface area contributed by atoms with Crippen molar-refractivity contribution in [3.05, 3.63) is 39.4 Å². The number of likely N-dealkylation sites (tertiary alicyclic amines) is 1. The maximum atomic E-state index is 12.5. The Labute approximate surface area is 134 Å². The molecule has 7 nitrogen and oxygen atoms in total. The Morgan fingerprint density at radius 3 is 2.70 bits per heavy atom. The lowest BCUT2D eigenvalue weighted by Crippen LogP contribution is -2.46. The fourth-order valence-electron chi connectivity index (χ4n) is 3.07. The fraction of sp³-hybridized carbons (Fsp3) is 0.500. The van der Waals surface area contributed by atoms with Crippen molar-refractivity contribution in [3.63, 3.8) is 0 Å². The predicted octanol–water partition coefficient (Wildman–Crippen LogP) is 2.01. The van der Waals surface area contributed by atoms with Gasteiger partial charge in [0.25, 0.3) is 5.69 Å². The standard InChI is InChI=1S/C16H20N2O5/c1-10-6-13(16(20)21)9-17(8-10)15(19)7-12-4-3-5-14(11(12)2)18(22)23/h3-5,10,13H,6-9H2,1-2H3,(H,20,21). The molecule has 0 aliphatic carbocycles. The molecule has 7 heteroatoms. The largest absolute Gasteiger partial charge is 0.481 e. The molecule has 1 aromatic rings. The first-order valence-electron chi connectivity index (χ1n) is 7.53. The molecule has 2 atom stereocenters. The SMILES string of the molecule is Cc1c(CC(=O)N2CC(C)CC(C(=O)O)C2)cccc1[N+](=O)[O-]. The quantitative estimate of drug-likeness (QED) is 0.675. The summed E-state index contributed by atoms with van der Waals surface area (Å²) in [5.41, 5.74) is 1.07. The van der Waals surface area contributed by atoms with Crippen LogP contribution >= 0.6 is 0 Å². The number of nitro benzene ring substituents is 1. The molecule has 1 fully saturated rings. The van der Waals surface area contributed by atoms with E-state index in [9.17, 15) is 24.8 Å². The average molecular weight is 320 g/mol. The molecule has 1 saturated heterocycles. The first-order valence-corrected chi connectivity index (χ1v) is 7.53. The molecule has 0 aromatic heterocycles. The normalized spacial score (nSPS) is 21.0. The van der Waals surface area contributed by atoms with Crippen LogP contribution in [0.5, 0.6) is 0 Å². The van der Waals surface area contributed by atoms with Crippen molar-refractivity contribution in [2.75, 3.05) is 13.1 Å². The van der Waals surface area contributed by atoms with E-state index in [1.54, 1.807) is 24.0 Å². The van der Waals surface area contributed by atoms with Crippen molar-refractivity contribution >= 4 is 17.6 Å². The molecule has 1 heterocycles. The van der Waals surface area contributed by atoms with Crippen molar-refractivity contribution < 1.29 is 19.6 Å². The zero-order valence-corrected chi connectivity index (χ0v) is 13.2. The van der Waals surface area contributed by atoms with E-state index < -0.39 is 16.8 Å². The summed E-state index contributed by atoms with van der Waals surface area (Å²) < 4.78 is 0. The number of aliphatic carboxylic acids is 1. The van der Waals surface area contributed by atoms with Gasteiger partial charge in [0, 0.05) is 24.7 Å². The molecule has 0 radical (unpaired) electrons. The highest BCUT2D eigenvalue weighted by molar-refractivity contribution is 5.80. The molecular weight excluding hydrogens is 300 g/mol. The van der Waals surface area contributed by atoms with Crippen LogP contribution in [0.25, 0.3) is 0 Å². The van der Waals surface area contributed by atoms with Crippen LogP contribution in [0, 0.1) is 28.9 Å². The second kappa shape index (κ2) is 6.76. The zero-order chi connectivity index (χ0) is 17.1. The van der Waals surface area contributed by atoms with E-state index in [4.69, 9.17) is 0 Å². The van der Waals surface area contributed by atoms with Gasteiger partial charge >= 0.3 is 5.97 Å². The number of piperidine rings is 1. The van der Waals surface area contributed by atoms with E-state index in [1.165, 1.54) is 6.07 Å². The first kappa shape index (κ1) is 16.9. The number of nitrogens with zero attached hydrogens (tertiary/aromatic N) is 2. The summed E-state index contributed by atoms with van der Waals surface area (Å²) in [5.74, 6) is -1.50. The minimum absolute atomic E-state index is 0.00859. The summed E-state index contributed by atoms with van der Waals surface area (Å²) in [7, 11) is 0. The Kier molecular flexibility index (Phi) is 4.98. The van der Waals surface area contributed by atoms with Gasteiger partial charge in [-0.15, -0.1) is 0 Å². The maximum absolute atomic E-state index is 12.5. The van der Waals surface area contributed by atoms with Crippen LogP contribution in [0.3, 0.4) is 0 Å². The topological polar surface area (TPSA) is 101 Å². The van der Waals surface area contributed by atoms with Crippen molar-refractivity contribution in [2.24, 2.45) is 11.8 Å². The lowest BCUT2D eigenvalue weighted by atomic mass is 9.90. The molecular formula is C16H20N2O5. The van der Waals surface area contributed by atoms with Crippen LogP contribution in [-0.4, -0.2) is 39.9 Å². The molecule has 124 valence electrons. The summed E-state index contributed by atoms with van der Waals surface area (Å²) in [6.45, 7) is 4.27. The Morgan fingerprint density at radius 1 is 1.39 bits per heavy atom. The molecule has 23 heavy (non-hydrogen) atoms. The van der Waals surface area contributed by atoms with Crippen LogP contribution in [0.15, 0.2) is 18.2 Å². The molecule has 2 unspecified atom stereocenters. The van der Waals surface area contributed by atoms with E-state index in [0.717, 1.165) is 0 Å². The summed E-state index contributed by atoms with van der Waals surface area (Å²) in [6, 6.07) is 4.67. The van der Waals surface area contributed by atoms with Crippen LogP contribution < -0.4 is 0 Å². The van der Waals surface area contributed by atoms with Gasteiger partial charge in [0.15, 0.2) is 0 Å². The lowest BCUT2D eigenvalue weighted by molar-refractivity contribution is -0.385. The Balaban J connectivity index is 2.14. The Morgan fingerprint density at radius 2 is 2.09 bits per heavy atom. The predicted molar refractivity (Wildman–Crippen MR) is 83.0 cm³/mol. The molecule has 1 aliphatic heterocycles. The second-order valence-corrected chi connectivity index (χ2v) is 6.17. The van der Waals surface area contributed by atoms with E-state index in [-0.39, 0.29) is 30.5 Å². The third kappa shape index (κ3) is 3.85. The number of benzene rings is 1. The van der Waals surface area contributed by atoms with Gasteiger partial charge < -0.3 is 10.0 Å². The number of carbonyl (C=O) groups excluding carboxylic acids is 1. The van der Waals surface area contributed by atoms with Gasteiger partial charge in [-0.05, 0) is 24.8 Å².